The van der Waals surface area contributed by atoms with Crippen molar-refractivity contribution in [3.8, 4) is 0 Å². The minimum atomic E-state index is -1.12. The smallest absolute Gasteiger partial charge is 0.329 e. The number of carbonyl (C=O) groups is 3. The number of nitrogens with zero attached hydrogens (tertiary/aromatic N) is 1. The van der Waals surface area contributed by atoms with Gasteiger partial charge in [-0.25, -0.2) is 4.79 Å². The molecule has 0 aromatic carbocycles. The first-order chi connectivity index (χ1) is 10.0. The first-order valence-electron chi connectivity index (χ1n) is 7.89. The summed E-state index contributed by atoms with van der Waals surface area (Å²) in [5.74, 6) is -1.07. The Morgan fingerprint density at radius 1 is 1.05 bits per heavy atom. The zero-order valence-corrected chi connectivity index (χ0v) is 12.1. The predicted octanol–water partition coefficient (Wildman–Crippen LogP) is 0.901. The number of hydrogen-bond donors (Lipinski definition) is 2. The van der Waals surface area contributed by atoms with E-state index in [1.807, 2.05) is 0 Å². The molecule has 1 aliphatic heterocycles. The van der Waals surface area contributed by atoms with Crippen molar-refractivity contribution in [2.45, 2.75) is 62.9 Å². The van der Waals surface area contributed by atoms with Crippen molar-refractivity contribution in [1.29, 1.82) is 0 Å². The van der Waals surface area contributed by atoms with Gasteiger partial charge in [0.1, 0.15) is 11.6 Å². The number of nitrogens with one attached hydrogen (secondary N) is 1. The highest BCUT2D eigenvalue weighted by Gasteiger charge is 2.46. The summed E-state index contributed by atoms with van der Waals surface area (Å²) in [7, 11) is 0. The first-order valence-corrected chi connectivity index (χ1v) is 7.89. The van der Waals surface area contributed by atoms with Gasteiger partial charge in [-0.2, -0.15) is 0 Å². The summed E-state index contributed by atoms with van der Waals surface area (Å²) in [5, 5.41) is 12.2. The summed E-state index contributed by atoms with van der Waals surface area (Å²) < 4.78 is 0. The third-order valence-corrected chi connectivity index (χ3v) is 4.99. The second kappa shape index (κ2) is 5.31. The standard InChI is InChI=1S/C15H22N2O4/c18-12(16-15(14(20)21)7-1-2-8-15)11-4-3-9-17(11)13(19)10-5-6-10/h10-11H,1-9H2,(H,16,18)(H,20,21). The van der Waals surface area contributed by atoms with Crippen LogP contribution in [0.5, 0.6) is 0 Å². The van der Waals surface area contributed by atoms with Crippen LogP contribution >= 0.6 is 0 Å². The first kappa shape index (κ1) is 14.4. The van der Waals surface area contributed by atoms with E-state index in [4.69, 9.17) is 0 Å². The lowest BCUT2D eigenvalue weighted by Gasteiger charge is -2.30. The quantitative estimate of drug-likeness (QED) is 0.806. The molecule has 3 rings (SSSR count). The molecule has 3 aliphatic rings. The lowest BCUT2D eigenvalue weighted by atomic mass is 9.97. The highest BCUT2D eigenvalue weighted by atomic mass is 16.4. The number of carboxylic acid groups (broad SMARTS) is 1. The zero-order chi connectivity index (χ0) is 15.0. The topological polar surface area (TPSA) is 86.7 Å². The summed E-state index contributed by atoms with van der Waals surface area (Å²) >= 11 is 0. The number of aliphatic carboxylic acids is 1. The third-order valence-electron chi connectivity index (χ3n) is 4.99. The van der Waals surface area contributed by atoms with Crippen LogP contribution in [0, 0.1) is 5.92 Å². The van der Waals surface area contributed by atoms with E-state index >= 15 is 0 Å². The van der Waals surface area contributed by atoms with Crippen LogP contribution in [0.1, 0.15) is 51.4 Å². The molecule has 1 unspecified atom stereocenters. The van der Waals surface area contributed by atoms with E-state index in [0.29, 0.717) is 25.8 Å². The van der Waals surface area contributed by atoms with Crippen LogP contribution < -0.4 is 5.32 Å². The Morgan fingerprint density at radius 2 is 1.71 bits per heavy atom. The van der Waals surface area contributed by atoms with Crippen LogP contribution in [0.4, 0.5) is 0 Å². The van der Waals surface area contributed by atoms with Crippen molar-refractivity contribution >= 4 is 17.8 Å². The Kier molecular flexibility index (Phi) is 3.63. The molecule has 2 N–H and O–H groups in total. The van der Waals surface area contributed by atoms with E-state index in [-0.39, 0.29) is 17.7 Å². The van der Waals surface area contributed by atoms with Crippen molar-refractivity contribution < 1.29 is 19.5 Å². The Labute approximate surface area is 123 Å². The molecule has 2 aliphatic carbocycles. The average Bonchev–Trinajstić information content (AvgIpc) is 2.99. The van der Waals surface area contributed by atoms with Crippen LogP contribution in [0.15, 0.2) is 0 Å². The molecular formula is C15H22N2O4. The molecule has 1 atom stereocenters. The van der Waals surface area contributed by atoms with Gasteiger partial charge >= 0.3 is 5.97 Å². The van der Waals surface area contributed by atoms with Crippen LogP contribution in [0.2, 0.25) is 0 Å². The normalized spacial score (nSPS) is 27.6. The van der Waals surface area contributed by atoms with Crippen molar-refractivity contribution in [3.63, 3.8) is 0 Å². The molecule has 0 spiro atoms. The maximum atomic E-state index is 12.5. The van der Waals surface area contributed by atoms with Crippen molar-refractivity contribution in [3.05, 3.63) is 0 Å². The van der Waals surface area contributed by atoms with Gasteiger partial charge in [-0.1, -0.05) is 12.8 Å². The fourth-order valence-electron chi connectivity index (χ4n) is 3.56. The lowest BCUT2D eigenvalue weighted by Crippen LogP contribution is -2.57. The number of likely N-dealkylation sites (tertiary alicyclic amines) is 1. The van der Waals surface area contributed by atoms with Crippen LogP contribution in [0.3, 0.4) is 0 Å². The minimum Gasteiger partial charge on any atom is -0.480 e. The Hall–Kier alpha value is -1.59. The van der Waals surface area contributed by atoms with Crippen molar-refractivity contribution in [1.82, 2.24) is 10.2 Å². The monoisotopic (exact) mass is 294 g/mol. The predicted molar refractivity (Wildman–Crippen MR) is 74.4 cm³/mol. The van der Waals surface area contributed by atoms with Gasteiger partial charge in [0.25, 0.3) is 0 Å². The van der Waals surface area contributed by atoms with E-state index in [9.17, 15) is 19.5 Å². The molecule has 6 heteroatoms. The van der Waals surface area contributed by atoms with Gasteiger partial charge in [0.15, 0.2) is 0 Å². The van der Waals surface area contributed by atoms with Crippen LogP contribution in [-0.4, -0.2) is 45.9 Å². The van der Waals surface area contributed by atoms with Gasteiger partial charge < -0.3 is 15.3 Å². The lowest BCUT2D eigenvalue weighted by molar-refractivity contribution is -0.149. The molecule has 0 bridgehead atoms. The summed E-state index contributed by atoms with van der Waals surface area (Å²) in [4.78, 5) is 37.9. The average molecular weight is 294 g/mol. The Morgan fingerprint density at radius 3 is 2.29 bits per heavy atom. The fourth-order valence-corrected chi connectivity index (χ4v) is 3.56. The van der Waals surface area contributed by atoms with Crippen LogP contribution in [-0.2, 0) is 14.4 Å². The molecule has 3 fully saturated rings. The van der Waals surface area contributed by atoms with Gasteiger partial charge in [0, 0.05) is 12.5 Å². The van der Waals surface area contributed by atoms with Gasteiger partial charge in [0.05, 0.1) is 0 Å². The molecule has 0 radical (unpaired) electrons. The highest BCUT2D eigenvalue weighted by Crippen LogP contribution is 2.34. The zero-order valence-electron chi connectivity index (χ0n) is 12.1. The van der Waals surface area contributed by atoms with E-state index in [1.54, 1.807) is 4.90 Å². The molecule has 0 aromatic rings. The van der Waals surface area contributed by atoms with Gasteiger partial charge in [-0.15, -0.1) is 0 Å². The second-order valence-corrected chi connectivity index (χ2v) is 6.55. The second-order valence-electron chi connectivity index (χ2n) is 6.55. The van der Waals surface area contributed by atoms with Gasteiger partial charge in [-0.3, -0.25) is 9.59 Å². The largest absolute Gasteiger partial charge is 0.480 e. The molecule has 21 heavy (non-hydrogen) atoms. The van der Waals surface area contributed by atoms with E-state index in [2.05, 4.69) is 5.32 Å². The number of rotatable bonds is 4. The molecule has 116 valence electrons. The van der Waals surface area contributed by atoms with Crippen molar-refractivity contribution in [2.75, 3.05) is 6.54 Å². The SMILES string of the molecule is O=C(NC1(C(=O)O)CCCC1)C1CCCN1C(=O)C1CC1. The summed E-state index contributed by atoms with van der Waals surface area (Å²) in [5.41, 5.74) is -1.12. The third kappa shape index (κ3) is 2.63. The minimum absolute atomic E-state index is 0.0726. The maximum absolute atomic E-state index is 12.5. The molecular weight excluding hydrogens is 272 g/mol. The van der Waals surface area contributed by atoms with E-state index < -0.39 is 17.6 Å². The van der Waals surface area contributed by atoms with E-state index in [0.717, 1.165) is 32.1 Å². The van der Waals surface area contributed by atoms with Gasteiger partial charge in [0.2, 0.25) is 11.8 Å². The molecule has 2 amide bonds. The summed E-state index contributed by atoms with van der Waals surface area (Å²) in [6, 6.07) is -0.477. The maximum Gasteiger partial charge on any atom is 0.329 e. The Bertz CT molecular complexity index is 466. The van der Waals surface area contributed by atoms with Crippen LogP contribution in [0.25, 0.3) is 0 Å². The van der Waals surface area contributed by atoms with Crippen molar-refractivity contribution in [2.24, 2.45) is 5.92 Å². The molecule has 6 nitrogen and oxygen atoms in total. The highest BCUT2D eigenvalue weighted by molar-refractivity contribution is 5.93. The molecule has 2 saturated carbocycles. The summed E-state index contributed by atoms with van der Waals surface area (Å²) in [6.45, 7) is 0.619. The number of amides is 2. The Balaban J connectivity index is 1.69. The number of hydrogen-bond acceptors (Lipinski definition) is 3. The molecule has 1 heterocycles. The van der Waals surface area contributed by atoms with Gasteiger partial charge in [-0.05, 0) is 38.5 Å². The molecule has 0 aromatic heterocycles. The fraction of sp³-hybridized carbons (Fsp3) is 0.800. The van der Waals surface area contributed by atoms with E-state index in [1.165, 1.54) is 0 Å². The number of carbonyl (C=O) groups excluding carboxylic acids is 2. The summed E-state index contributed by atoms with van der Waals surface area (Å²) in [6.07, 6.45) is 5.90. The number of carboxylic acids is 1. The molecule has 1 saturated heterocycles.